The molecule has 1 aliphatic rings. The number of rotatable bonds is 0. The molecule has 1 nitrogen and oxygen atoms in total. The molecule has 60 valence electrons. The van der Waals surface area contributed by atoms with Gasteiger partial charge in [-0.05, 0) is 31.9 Å². The van der Waals surface area contributed by atoms with E-state index in [1.54, 1.807) is 6.20 Å². The Morgan fingerprint density at radius 3 is 3.00 bits per heavy atom. The summed E-state index contributed by atoms with van der Waals surface area (Å²) in [6, 6.07) is 3.96. The molecular formula is C11H11N. The van der Waals surface area contributed by atoms with E-state index >= 15 is 0 Å². The fourth-order valence-electron chi connectivity index (χ4n) is 1.02. The summed E-state index contributed by atoms with van der Waals surface area (Å²) in [4.78, 5) is 4.17. The average molecular weight is 157 g/mol. The van der Waals surface area contributed by atoms with Gasteiger partial charge in [0.2, 0.25) is 0 Å². The van der Waals surface area contributed by atoms with E-state index in [0.717, 1.165) is 11.3 Å². The molecule has 0 unspecified atom stereocenters. The maximum absolute atomic E-state index is 4.17. The summed E-state index contributed by atoms with van der Waals surface area (Å²) in [5.74, 6) is 7.06. The number of hydrogen-bond acceptors (Lipinski definition) is 1. The van der Waals surface area contributed by atoms with Crippen LogP contribution in [0.2, 0.25) is 0 Å². The molecular weight excluding hydrogens is 146 g/mol. The summed E-state index contributed by atoms with van der Waals surface area (Å²) in [7, 11) is 0. The third-order valence-corrected chi connectivity index (χ3v) is 2.00. The van der Waals surface area contributed by atoms with Crippen molar-refractivity contribution >= 4 is 0 Å². The molecule has 0 N–H and O–H groups in total. The number of aromatic nitrogens is 1. The van der Waals surface area contributed by atoms with Crippen molar-refractivity contribution in [1.29, 1.82) is 0 Å². The highest BCUT2D eigenvalue weighted by Gasteiger charge is 2.17. The van der Waals surface area contributed by atoms with Crippen LogP contribution in [-0.4, -0.2) is 4.98 Å². The highest BCUT2D eigenvalue weighted by atomic mass is 14.7. The molecule has 0 aromatic carbocycles. The fourth-order valence-corrected chi connectivity index (χ4v) is 1.02. The lowest BCUT2D eigenvalue weighted by atomic mass is 10.2. The Balaban J connectivity index is 2.23. The van der Waals surface area contributed by atoms with Crippen molar-refractivity contribution in [2.75, 3.05) is 0 Å². The van der Waals surface area contributed by atoms with Crippen LogP contribution in [0.5, 0.6) is 0 Å². The standard InChI is InChI=1S/C11H11N/c1-9-11(3-2-8-12-9)7-6-10-4-5-10/h2-3,8,10H,4-5H2,1H3. The van der Waals surface area contributed by atoms with Crippen LogP contribution in [0, 0.1) is 24.7 Å². The first kappa shape index (κ1) is 7.36. The van der Waals surface area contributed by atoms with Crippen LogP contribution in [0.4, 0.5) is 0 Å². The molecule has 1 heterocycles. The molecule has 1 heteroatoms. The predicted octanol–water partition coefficient (Wildman–Crippen LogP) is 2.15. The monoisotopic (exact) mass is 157 g/mol. The number of hydrogen-bond donors (Lipinski definition) is 0. The van der Waals surface area contributed by atoms with Gasteiger partial charge in [-0.25, -0.2) is 0 Å². The molecule has 1 aromatic rings. The Kier molecular flexibility index (Phi) is 1.83. The number of pyridine rings is 1. The average Bonchev–Trinajstić information content (AvgIpc) is 2.86. The molecule has 0 atom stereocenters. The van der Waals surface area contributed by atoms with E-state index in [4.69, 9.17) is 0 Å². The highest BCUT2D eigenvalue weighted by molar-refractivity contribution is 5.37. The zero-order chi connectivity index (χ0) is 8.39. The summed E-state index contributed by atoms with van der Waals surface area (Å²) in [5.41, 5.74) is 2.11. The van der Waals surface area contributed by atoms with Gasteiger partial charge >= 0.3 is 0 Å². The van der Waals surface area contributed by atoms with Gasteiger partial charge in [0.15, 0.2) is 0 Å². The molecule has 1 aliphatic carbocycles. The quantitative estimate of drug-likeness (QED) is 0.526. The largest absolute Gasteiger partial charge is 0.260 e. The molecule has 0 radical (unpaired) electrons. The van der Waals surface area contributed by atoms with Gasteiger partial charge in [0, 0.05) is 17.7 Å². The van der Waals surface area contributed by atoms with Crippen LogP contribution < -0.4 is 0 Å². The summed E-state index contributed by atoms with van der Waals surface area (Å²) in [5, 5.41) is 0. The second-order valence-corrected chi connectivity index (χ2v) is 3.18. The topological polar surface area (TPSA) is 12.9 Å². The minimum atomic E-state index is 0.671. The molecule has 0 saturated heterocycles. The van der Waals surface area contributed by atoms with Crippen molar-refractivity contribution in [1.82, 2.24) is 4.98 Å². The normalized spacial score (nSPS) is 15.1. The van der Waals surface area contributed by atoms with Crippen molar-refractivity contribution in [3.8, 4) is 11.8 Å². The van der Waals surface area contributed by atoms with Gasteiger partial charge in [-0.1, -0.05) is 11.8 Å². The lowest BCUT2D eigenvalue weighted by Crippen LogP contribution is -1.84. The second-order valence-electron chi connectivity index (χ2n) is 3.18. The van der Waals surface area contributed by atoms with E-state index in [0.29, 0.717) is 5.92 Å². The SMILES string of the molecule is Cc1ncccc1C#CC1CC1. The van der Waals surface area contributed by atoms with Crippen LogP contribution in [0.25, 0.3) is 0 Å². The van der Waals surface area contributed by atoms with Gasteiger partial charge < -0.3 is 0 Å². The van der Waals surface area contributed by atoms with E-state index in [-0.39, 0.29) is 0 Å². The smallest absolute Gasteiger partial charge is 0.0528 e. The van der Waals surface area contributed by atoms with Gasteiger partial charge in [-0.3, -0.25) is 4.98 Å². The van der Waals surface area contributed by atoms with Gasteiger partial charge in [-0.15, -0.1) is 0 Å². The maximum Gasteiger partial charge on any atom is 0.0528 e. The minimum absolute atomic E-state index is 0.671. The van der Waals surface area contributed by atoms with E-state index < -0.39 is 0 Å². The number of aryl methyl sites for hydroxylation is 1. The molecule has 1 fully saturated rings. The lowest BCUT2D eigenvalue weighted by molar-refractivity contribution is 1.17. The van der Waals surface area contributed by atoms with Crippen molar-refractivity contribution in [3.63, 3.8) is 0 Å². The van der Waals surface area contributed by atoms with Gasteiger partial charge in [0.05, 0.1) is 5.69 Å². The Labute approximate surface area is 72.8 Å². The van der Waals surface area contributed by atoms with Crippen LogP contribution >= 0.6 is 0 Å². The van der Waals surface area contributed by atoms with E-state index in [1.807, 2.05) is 19.1 Å². The molecule has 1 saturated carbocycles. The first-order valence-corrected chi connectivity index (χ1v) is 4.29. The molecule has 0 aliphatic heterocycles. The molecule has 0 bridgehead atoms. The molecule has 0 amide bonds. The van der Waals surface area contributed by atoms with Crippen molar-refractivity contribution < 1.29 is 0 Å². The predicted molar refractivity (Wildman–Crippen MR) is 48.6 cm³/mol. The van der Waals surface area contributed by atoms with Crippen molar-refractivity contribution in [2.24, 2.45) is 5.92 Å². The molecule has 1 aromatic heterocycles. The van der Waals surface area contributed by atoms with Crippen molar-refractivity contribution in [2.45, 2.75) is 19.8 Å². The van der Waals surface area contributed by atoms with Crippen LogP contribution in [0.1, 0.15) is 24.1 Å². The summed E-state index contributed by atoms with van der Waals surface area (Å²) in [6.07, 6.45) is 4.37. The van der Waals surface area contributed by atoms with Gasteiger partial charge in [-0.2, -0.15) is 0 Å². The van der Waals surface area contributed by atoms with Gasteiger partial charge in [0.25, 0.3) is 0 Å². The molecule has 12 heavy (non-hydrogen) atoms. The zero-order valence-electron chi connectivity index (χ0n) is 7.17. The second kappa shape index (κ2) is 2.98. The summed E-state index contributed by atoms with van der Waals surface area (Å²) >= 11 is 0. The van der Waals surface area contributed by atoms with E-state index in [1.165, 1.54) is 12.8 Å². The van der Waals surface area contributed by atoms with Crippen LogP contribution in [0.15, 0.2) is 18.3 Å². The Bertz CT molecular complexity index is 340. The minimum Gasteiger partial charge on any atom is -0.260 e. The summed E-state index contributed by atoms with van der Waals surface area (Å²) in [6.45, 7) is 2.00. The number of nitrogens with zero attached hydrogens (tertiary/aromatic N) is 1. The molecule has 0 spiro atoms. The van der Waals surface area contributed by atoms with E-state index in [2.05, 4.69) is 16.8 Å². The van der Waals surface area contributed by atoms with E-state index in [9.17, 15) is 0 Å². The Morgan fingerprint density at radius 2 is 2.33 bits per heavy atom. The third kappa shape index (κ3) is 1.65. The highest BCUT2D eigenvalue weighted by Crippen LogP contribution is 2.27. The lowest BCUT2D eigenvalue weighted by Gasteiger charge is -1.93. The first-order chi connectivity index (χ1) is 5.86. The summed E-state index contributed by atoms with van der Waals surface area (Å²) < 4.78 is 0. The zero-order valence-corrected chi connectivity index (χ0v) is 7.17. The first-order valence-electron chi connectivity index (χ1n) is 4.29. The van der Waals surface area contributed by atoms with Crippen LogP contribution in [0.3, 0.4) is 0 Å². The van der Waals surface area contributed by atoms with Gasteiger partial charge in [0.1, 0.15) is 0 Å². The maximum atomic E-state index is 4.17. The van der Waals surface area contributed by atoms with Crippen LogP contribution in [-0.2, 0) is 0 Å². The van der Waals surface area contributed by atoms with Crippen molar-refractivity contribution in [3.05, 3.63) is 29.6 Å². The Morgan fingerprint density at radius 1 is 1.50 bits per heavy atom. The fraction of sp³-hybridized carbons (Fsp3) is 0.364. The Hall–Kier alpha value is -1.29. The third-order valence-electron chi connectivity index (χ3n) is 2.00. The molecule has 2 rings (SSSR count).